The Labute approximate surface area is 96.4 Å². The molecule has 1 atom stereocenters. The van der Waals surface area contributed by atoms with Gasteiger partial charge in [-0.15, -0.1) is 0 Å². The normalized spacial score (nSPS) is 26.7. The van der Waals surface area contributed by atoms with E-state index in [4.69, 9.17) is 0 Å². The fraction of sp³-hybridized carbons (Fsp3) is 0.800. The van der Waals surface area contributed by atoms with Gasteiger partial charge in [0.1, 0.15) is 12.6 Å². The number of hydrogen-bond acceptors (Lipinski definition) is 2. The number of urea groups is 1. The van der Waals surface area contributed by atoms with Crippen LogP contribution in [0.25, 0.3) is 0 Å². The molecule has 0 aromatic heterocycles. The Morgan fingerprint density at radius 1 is 1.29 bits per heavy atom. The molecule has 2 rings (SSSR count). The molecule has 2 fully saturated rings. The van der Waals surface area contributed by atoms with Gasteiger partial charge in [-0.25, -0.2) is 4.79 Å². The molecule has 1 saturated carbocycles. The highest BCUT2D eigenvalue weighted by atomic mass is 19.4. The number of alkyl halides is 3. The van der Waals surface area contributed by atoms with Gasteiger partial charge in [-0.1, -0.05) is 0 Å². The molecule has 0 spiro atoms. The van der Waals surface area contributed by atoms with E-state index in [1.807, 2.05) is 0 Å². The summed E-state index contributed by atoms with van der Waals surface area (Å²) in [6, 6.07) is -1.64. The largest absolute Gasteiger partial charge is 0.406 e. The fourth-order valence-electron chi connectivity index (χ4n) is 2.21. The molecule has 4 nitrogen and oxygen atoms in total. The third-order valence-corrected chi connectivity index (χ3v) is 3.30. The number of nitrogens with zero attached hydrogens (tertiary/aromatic N) is 2. The zero-order valence-electron chi connectivity index (χ0n) is 9.33. The zero-order chi connectivity index (χ0) is 12.8. The van der Waals surface area contributed by atoms with Gasteiger partial charge >= 0.3 is 12.2 Å². The van der Waals surface area contributed by atoms with Gasteiger partial charge in [-0.3, -0.25) is 9.69 Å². The Morgan fingerprint density at radius 2 is 1.88 bits per heavy atom. The molecule has 1 unspecified atom stereocenters. The van der Waals surface area contributed by atoms with Crippen LogP contribution in [0.5, 0.6) is 0 Å². The average molecular weight is 250 g/mol. The van der Waals surface area contributed by atoms with E-state index in [1.54, 1.807) is 0 Å². The number of carbonyl (C=O) groups is 2. The summed E-state index contributed by atoms with van der Waals surface area (Å²) in [6.45, 7) is -0.00679. The molecule has 96 valence electrons. The van der Waals surface area contributed by atoms with Crippen molar-refractivity contribution >= 4 is 11.9 Å². The molecule has 3 amide bonds. The number of halogens is 3. The number of hydrogen-bond donors (Lipinski definition) is 0. The summed E-state index contributed by atoms with van der Waals surface area (Å²) < 4.78 is 36.7. The number of imide groups is 1. The molecule has 0 radical (unpaired) electrons. The van der Waals surface area contributed by atoms with Crippen molar-refractivity contribution in [3.63, 3.8) is 0 Å². The van der Waals surface area contributed by atoms with Gasteiger partial charge in [-0.05, 0) is 26.2 Å². The highest BCUT2D eigenvalue weighted by Gasteiger charge is 2.50. The van der Waals surface area contributed by atoms with E-state index in [0.717, 1.165) is 19.3 Å². The molecule has 2 aliphatic rings. The monoisotopic (exact) mass is 250 g/mol. The van der Waals surface area contributed by atoms with Gasteiger partial charge in [0.15, 0.2) is 0 Å². The van der Waals surface area contributed by atoms with Crippen LogP contribution in [-0.4, -0.2) is 46.5 Å². The van der Waals surface area contributed by atoms with Crippen LogP contribution in [-0.2, 0) is 4.79 Å². The van der Waals surface area contributed by atoms with E-state index in [2.05, 4.69) is 0 Å². The molecule has 0 aromatic rings. The first-order valence-corrected chi connectivity index (χ1v) is 5.51. The molecule has 0 N–H and O–H groups in total. The first kappa shape index (κ1) is 12.2. The highest BCUT2D eigenvalue weighted by molar-refractivity contribution is 6.04. The molecule has 1 heterocycles. The lowest BCUT2D eigenvalue weighted by Gasteiger charge is -2.36. The Balaban J connectivity index is 2.14. The van der Waals surface area contributed by atoms with Gasteiger partial charge in [0.2, 0.25) is 0 Å². The second kappa shape index (κ2) is 3.89. The van der Waals surface area contributed by atoms with E-state index < -0.39 is 30.7 Å². The van der Waals surface area contributed by atoms with Crippen molar-refractivity contribution in [1.82, 2.24) is 9.80 Å². The van der Waals surface area contributed by atoms with Crippen molar-refractivity contribution in [3.8, 4) is 0 Å². The van der Waals surface area contributed by atoms with Crippen molar-refractivity contribution in [2.75, 3.05) is 6.54 Å². The SMILES string of the molecule is CC1C(=O)N(CC(F)(F)F)C(=O)N1C1CCC1. The van der Waals surface area contributed by atoms with Crippen LogP contribution in [0.15, 0.2) is 0 Å². The fourth-order valence-corrected chi connectivity index (χ4v) is 2.21. The standard InChI is InChI=1S/C10H13F3N2O2/c1-6-8(16)14(5-10(11,12)13)9(17)15(6)7-3-2-4-7/h6-7H,2-5H2,1H3. The van der Waals surface area contributed by atoms with Gasteiger partial charge < -0.3 is 4.90 Å². The van der Waals surface area contributed by atoms with E-state index in [1.165, 1.54) is 11.8 Å². The maximum Gasteiger partial charge on any atom is 0.406 e. The molecule has 7 heteroatoms. The van der Waals surface area contributed by atoms with Crippen LogP contribution in [0, 0.1) is 0 Å². The Bertz CT molecular complexity index is 352. The summed E-state index contributed by atoms with van der Waals surface area (Å²) in [5.41, 5.74) is 0. The topological polar surface area (TPSA) is 40.6 Å². The van der Waals surface area contributed by atoms with Crippen LogP contribution in [0.2, 0.25) is 0 Å². The quantitative estimate of drug-likeness (QED) is 0.700. The Hall–Kier alpha value is -1.27. The predicted molar refractivity (Wildman–Crippen MR) is 52.1 cm³/mol. The summed E-state index contributed by atoms with van der Waals surface area (Å²) in [5, 5.41) is 0. The second-order valence-electron chi connectivity index (χ2n) is 4.49. The minimum Gasteiger partial charge on any atom is -0.310 e. The van der Waals surface area contributed by atoms with Gasteiger partial charge in [-0.2, -0.15) is 13.2 Å². The molecular weight excluding hydrogens is 237 g/mol. The van der Waals surface area contributed by atoms with Crippen molar-refractivity contribution in [2.45, 2.75) is 44.4 Å². The lowest BCUT2D eigenvalue weighted by molar-refractivity contribution is -0.152. The highest BCUT2D eigenvalue weighted by Crippen LogP contribution is 2.32. The third kappa shape index (κ3) is 2.10. The molecule has 17 heavy (non-hydrogen) atoms. The number of carbonyl (C=O) groups excluding carboxylic acids is 2. The van der Waals surface area contributed by atoms with Gasteiger partial charge in [0, 0.05) is 6.04 Å². The van der Waals surface area contributed by atoms with Crippen molar-refractivity contribution in [3.05, 3.63) is 0 Å². The minimum atomic E-state index is -4.54. The van der Waals surface area contributed by atoms with Crippen molar-refractivity contribution in [2.24, 2.45) is 0 Å². The van der Waals surface area contributed by atoms with E-state index in [-0.39, 0.29) is 6.04 Å². The molecule has 0 bridgehead atoms. The van der Waals surface area contributed by atoms with E-state index >= 15 is 0 Å². The average Bonchev–Trinajstić information content (AvgIpc) is 2.30. The maximum atomic E-state index is 12.2. The summed E-state index contributed by atoms with van der Waals surface area (Å²) in [6.07, 6.45) is -2.05. The van der Waals surface area contributed by atoms with E-state index in [9.17, 15) is 22.8 Å². The lowest BCUT2D eigenvalue weighted by atomic mass is 9.91. The van der Waals surface area contributed by atoms with E-state index in [0.29, 0.717) is 4.90 Å². The summed E-state index contributed by atoms with van der Waals surface area (Å²) >= 11 is 0. The van der Waals surface area contributed by atoms with Crippen molar-refractivity contribution < 1.29 is 22.8 Å². The van der Waals surface area contributed by atoms with Crippen LogP contribution in [0.4, 0.5) is 18.0 Å². The zero-order valence-corrected chi connectivity index (χ0v) is 9.33. The first-order valence-electron chi connectivity index (χ1n) is 5.51. The van der Waals surface area contributed by atoms with Crippen LogP contribution >= 0.6 is 0 Å². The molecular formula is C10H13F3N2O2. The smallest absolute Gasteiger partial charge is 0.310 e. The molecule has 0 aromatic carbocycles. The number of rotatable bonds is 2. The van der Waals surface area contributed by atoms with Gasteiger partial charge in [0.05, 0.1) is 0 Å². The predicted octanol–water partition coefficient (Wildman–Crippen LogP) is 1.75. The lowest BCUT2D eigenvalue weighted by Crippen LogP contribution is -2.46. The van der Waals surface area contributed by atoms with Crippen LogP contribution in [0.3, 0.4) is 0 Å². The molecule has 1 saturated heterocycles. The second-order valence-corrected chi connectivity index (χ2v) is 4.49. The summed E-state index contributed by atoms with van der Waals surface area (Å²) in [7, 11) is 0. The van der Waals surface area contributed by atoms with Gasteiger partial charge in [0.25, 0.3) is 5.91 Å². The maximum absolute atomic E-state index is 12.2. The number of amides is 3. The Morgan fingerprint density at radius 3 is 2.29 bits per heavy atom. The van der Waals surface area contributed by atoms with Crippen LogP contribution in [0.1, 0.15) is 26.2 Å². The van der Waals surface area contributed by atoms with Crippen molar-refractivity contribution in [1.29, 1.82) is 0 Å². The first-order chi connectivity index (χ1) is 7.81. The Kier molecular flexibility index (Phi) is 2.79. The molecule has 1 aliphatic carbocycles. The minimum absolute atomic E-state index is 0.0697. The van der Waals surface area contributed by atoms with Crippen LogP contribution < -0.4 is 0 Å². The summed E-state index contributed by atoms with van der Waals surface area (Å²) in [5.74, 6) is -0.751. The molecule has 1 aliphatic heterocycles. The summed E-state index contributed by atoms with van der Waals surface area (Å²) in [4.78, 5) is 25.0. The third-order valence-electron chi connectivity index (χ3n) is 3.30.